The van der Waals surface area contributed by atoms with Gasteiger partial charge in [0.15, 0.2) is 0 Å². The highest BCUT2D eigenvalue weighted by molar-refractivity contribution is 6.02. The van der Waals surface area contributed by atoms with Crippen LogP contribution in [0.2, 0.25) is 0 Å². The van der Waals surface area contributed by atoms with Gasteiger partial charge in [-0.1, -0.05) is 68.3 Å². The summed E-state index contributed by atoms with van der Waals surface area (Å²) in [5, 5.41) is 3.12. The molecule has 1 aliphatic carbocycles. The van der Waals surface area contributed by atoms with Crippen molar-refractivity contribution in [1.29, 1.82) is 0 Å². The first-order chi connectivity index (χ1) is 13.7. The summed E-state index contributed by atoms with van der Waals surface area (Å²) in [7, 11) is 0. The molecule has 2 aromatic rings. The quantitative estimate of drug-likeness (QED) is 0.847. The molecule has 1 saturated carbocycles. The SMILES string of the molecule is CCCNC(=O)[C@@H]1c2ccccc2C(=O)N(Cc2ccccc2)C12CCCC2. The van der Waals surface area contributed by atoms with E-state index in [4.69, 9.17) is 0 Å². The van der Waals surface area contributed by atoms with Gasteiger partial charge < -0.3 is 10.2 Å². The molecule has 4 nitrogen and oxygen atoms in total. The number of carbonyl (C=O) groups is 2. The molecule has 0 radical (unpaired) electrons. The monoisotopic (exact) mass is 376 g/mol. The number of hydrogen-bond donors (Lipinski definition) is 1. The maximum absolute atomic E-state index is 13.6. The molecule has 0 bridgehead atoms. The summed E-state index contributed by atoms with van der Waals surface area (Å²) in [6, 6.07) is 17.8. The van der Waals surface area contributed by atoms with Crippen molar-refractivity contribution in [1.82, 2.24) is 10.2 Å². The van der Waals surface area contributed by atoms with Crippen molar-refractivity contribution in [2.24, 2.45) is 0 Å². The number of rotatable bonds is 5. The Morgan fingerprint density at radius 2 is 1.75 bits per heavy atom. The average molecular weight is 377 g/mol. The molecule has 1 fully saturated rings. The van der Waals surface area contributed by atoms with Crippen LogP contribution in [0.15, 0.2) is 54.6 Å². The zero-order valence-electron chi connectivity index (χ0n) is 16.5. The number of fused-ring (bicyclic) bond motifs is 1. The largest absolute Gasteiger partial charge is 0.356 e. The molecule has 1 atom stereocenters. The smallest absolute Gasteiger partial charge is 0.254 e. The molecular formula is C24H28N2O2. The van der Waals surface area contributed by atoms with Crippen LogP contribution in [0.5, 0.6) is 0 Å². The summed E-state index contributed by atoms with van der Waals surface area (Å²) in [6.45, 7) is 3.28. The number of nitrogens with zero attached hydrogens (tertiary/aromatic N) is 1. The molecule has 1 heterocycles. The van der Waals surface area contributed by atoms with E-state index in [2.05, 4.69) is 24.4 Å². The van der Waals surface area contributed by atoms with E-state index in [9.17, 15) is 9.59 Å². The summed E-state index contributed by atoms with van der Waals surface area (Å²) in [6.07, 6.45) is 4.77. The van der Waals surface area contributed by atoms with Gasteiger partial charge in [-0.2, -0.15) is 0 Å². The molecule has 0 saturated heterocycles. The van der Waals surface area contributed by atoms with Crippen molar-refractivity contribution < 1.29 is 9.59 Å². The Hall–Kier alpha value is -2.62. The Kier molecular flexibility index (Phi) is 5.21. The van der Waals surface area contributed by atoms with Crippen LogP contribution in [-0.2, 0) is 11.3 Å². The van der Waals surface area contributed by atoms with E-state index in [1.807, 2.05) is 47.4 Å². The number of carbonyl (C=O) groups excluding carboxylic acids is 2. The minimum absolute atomic E-state index is 0.0564. The van der Waals surface area contributed by atoms with Crippen molar-refractivity contribution >= 4 is 11.8 Å². The van der Waals surface area contributed by atoms with Crippen LogP contribution >= 0.6 is 0 Å². The van der Waals surface area contributed by atoms with Gasteiger partial charge in [0.05, 0.1) is 11.5 Å². The van der Waals surface area contributed by atoms with Crippen molar-refractivity contribution in [3.63, 3.8) is 0 Å². The van der Waals surface area contributed by atoms with Gasteiger partial charge in [-0.15, -0.1) is 0 Å². The fourth-order valence-corrected chi connectivity index (χ4v) is 5.01. The Labute approximate surface area is 166 Å². The molecule has 28 heavy (non-hydrogen) atoms. The Morgan fingerprint density at radius 1 is 1.07 bits per heavy atom. The molecule has 4 rings (SSSR count). The molecule has 1 N–H and O–H groups in total. The predicted octanol–water partition coefficient (Wildman–Crippen LogP) is 4.27. The van der Waals surface area contributed by atoms with Gasteiger partial charge in [-0.3, -0.25) is 9.59 Å². The minimum atomic E-state index is -0.431. The van der Waals surface area contributed by atoms with E-state index in [1.54, 1.807) is 0 Å². The molecular weight excluding hydrogens is 348 g/mol. The maximum atomic E-state index is 13.6. The third-order valence-corrected chi connectivity index (χ3v) is 6.29. The van der Waals surface area contributed by atoms with E-state index in [0.717, 1.165) is 43.2 Å². The highest BCUT2D eigenvalue weighted by atomic mass is 16.2. The highest BCUT2D eigenvalue weighted by Gasteiger charge is 2.55. The number of nitrogens with one attached hydrogen (secondary N) is 1. The van der Waals surface area contributed by atoms with Gasteiger partial charge in [-0.25, -0.2) is 0 Å². The fourth-order valence-electron chi connectivity index (χ4n) is 5.01. The van der Waals surface area contributed by atoms with Crippen LogP contribution in [-0.4, -0.2) is 28.8 Å². The third-order valence-electron chi connectivity index (χ3n) is 6.29. The van der Waals surface area contributed by atoms with E-state index in [-0.39, 0.29) is 17.7 Å². The average Bonchev–Trinajstić information content (AvgIpc) is 3.20. The van der Waals surface area contributed by atoms with Crippen molar-refractivity contribution in [3.8, 4) is 0 Å². The zero-order valence-corrected chi connectivity index (χ0v) is 16.5. The van der Waals surface area contributed by atoms with E-state index in [1.165, 1.54) is 0 Å². The molecule has 2 aromatic carbocycles. The molecule has 0 unspecified atom stereocenters. The van der Waals surface area contributed by atoms with E-state index >= 15 is 0 Å². The van der Waals surface area contributed by atoms with Gasteiger partial charge in [-0.05, 0) is 36.5 Å². The molecule has 2 aliphatic rings. The maximum Gasteiger partial charge on any atom is 0.254 e. The Bertz CT molecular complexity index is 856. The zero-order chi connectivity index (χ0) is 19.6. The summed E-state index contributed by atoms with van der Waals surface area (Å²) in [5.41, 5.74) is 2.24. The van der Waals surface area contributed by atoms with Crippen LogP contribution < -0.4 is 5.32 Å². The first-order valence-corrected chi connectivity index (χ1v) is 10.4. The van der Waals surface area contributed by atoms with E-state index in [0.29, 0.717) is 18.7 Å². The van der Waals surface area contributed by atoms with Gasteiger partial charge in [0.2, 0.25) is 5.91 Å². The molecule has 0 aromatic heterocycles. The topological polar surface area (TPSA) is 49.4 Å². The summed E-state index contributed by atoms with van der Waals surface area (Å²) in [5.74, 6) is -0.193. The lowest BCUT2D eigenvalue weighted by Crippen LogP contribution is -2.60. The lowest BCUT2D eigenvalue weighted by Gasteiger charge is -2.50. The van der Waals surface area contributed by atoms with Gasteiger partial charge >= 0.3 is 0 Å². The van der Waals surface area contributed by atoms with Crippen molar-refractivity contribution in [3.05, 3.63) is 71.3 Å². The fraction of sp³-hybridized carbons (Fsp3) is 0.417. The predicted molar refractivity (Wildman–Crippen MR) is 110 cm³/mol. The first-order valence-electron chi connectivity index (χ1n) is 10.4. The summed E-state index contributed by atoms with van der Waals surface area (Å²) in [4.78, 5) is 28.9. The summed E-state index contributed by atoms with van der Waals surface area (Å²) < 4.78 is 0. The van der Waals surface area contributed by atoms with Crippen LogP contribution in [0.4, 0.5) is 0 Å². The lowest BCUT2D eigenvalue weighted by atomic mass is 9.71. The van der Waals surface area contributed by atoms with Crippen LogP contribution in [0.3, 0.4) is 0 Å². The second-order valence-corrected chi connectivity index (χ2v) is 8.00. The normalized spacial score (nSPS) is 20.2. The number of benzene rings is 2. The van der Waals surface area contributed by atoms with Gasteiger partial charge in [0, 0.05) is 18.7 Å². The van der Waals surface area contributed by atoms with Crippen LogP contribution in [0.25, 0.3) is 0 Å². The highest BCUT2D eigenvalue weighted by Crippen LogP contribution is 2.50. The number of amides is 2. The van der Waals surface area contributed by atoms with Crippen molar-refractivity contribution in [2.45, 2.75) is 57.0 Å². The van der Waals surface area contributed by atoms with Gasteiger partial charge in [0.1, 0.15) is 0 Å². The van der Waals surface area contributed by atoms with Crippen LogP contribution in [0.1, 0.15) is 66.4 Å². The minimum Gasteiger partial charge on any atom is -0.356 e. The van der Waals surface area contributed by atoms with Gasteiger partial charge in [0.25, 0.3) is 5.91 Å². The third kappa shape index (κ3) is 3.11. The van der Waals surface area contributed by atoms with E-state index < -0.39 is 5.54 Å². The summed E-state index contributed by atoms with van der Waals surface area (Å²) >= 11 is 0. The van der Waals surface area contributed by atoms with Crippen LogP contribution in [0, 0.1) is 0 Å². The Morgan fingerprint density at radius 3 is 2.46 bits per heavy atom. The second-order valence-electron chi connectivity index (χ2n) is 8.00. The Balaban J connectivity index is 1.82. The number of hydrogen-bond acceptors (Lipinski definition) is 2. The molecule has 1 aliphatic heterocycles. The molecule has 4 heteroatoms. The molecule has 1 spiro atoms. The lowest BCUT2D eigenvalue weighted by molar-refractivity contribution is -0.126. The molecule has 146 valence electrons. The standard InChI is InChI=1S/C24H28N2O2/c1-2-16-25-22(27)21-19-12-6-7-13-20(19)23(28)26(24(21)14-8-9-15-24)17-18-10-4-3-5-11-18/h3-7,10-13,21H,2,8-9,14-17H2,1H3,(H,25,27)/t21-/m0/s1. The molecule has 2 amide bonds. The second kappa shape index (κ2) is 7.78. The van der Waals surface area contributed by atoms with Crippen molar-refractivity contribution in [2.75, 3.05) is 6.54 Å². The first kappa shape index (κ1) is 18.7.